The monoisotopic (exact) mass is 242 g/mol. The van der Waals surface area contributed by atoms with E-state index in [9.17, 15) is 9.90 Å². The summed E-state index contributed by atoms with van der Waals surface area (Å²) in [5.74, 6) is 0.331. The van der Waals surface area contributed by atoms with Crippen LogP contribution in [0.25, 0.3) is 0 Å². The molecule has 0 unspecified atom stereocenters. The van der Waals surface area contributed by atoms with Crippen molar-refractivity contribution in [1.82, 2.24) is 9.80 Å². The zero-order chi connectivity index (χ0) is 12.3. The van der Waals surface area contributed by atoms with Gasteiger partial charge >= 0.3 is 0 Å². The van der Waals surface area contributed by atoms with Crippen LogP contribution in [-0.4, -0.2) is 72.9 Å². The van der Waals surface area contributed by atoms with E-state index in [0.29, 0.717) is 13.2 Å². The van der Waals surface area contributed by atoms with Crippen molar-refractivity contribution >= 4 is 5.91 Å². The summed E-state index contributed by atoms with van der Waals surface area (Å²) in [6.07, 6.45) is 0.577. The van der Waals surface area contributed by atoms with Crippen LogP contribution in [0.3, 0.4) is 0 Å². The molecule has 2 heterocycles. The van der Waals surface area contributed by atoms with Crippen LogP contribution >= 0.6 is 0 Å². The highest BCUT2D eigenvalue weighted by Crippen LogP contribution is 2.16. The first kappa shape index (κ1) is 12.8. The minimum absolute atomic E-state index is 0.0818. The van der Waals surface area contributed by atoms with E-state index in [0.717, 1.165) is 39.2 Å². The standard InChI is InChI=1S/C12H22N2O3/c1-10(15)8-13-3-5-14(6-4-13)12(16)11-2-7-17-9-11/h10-11,15H,2-9H2,1H3/t10-,11+/m1/s1. The maximum absolute atomic E-state index is 12.1. The summed E-state index contributed by atoms with van der Waals surface area (Å²) in [5, 5.41) is 9.31. The van der Waals surface area contributed by atoms with Gasteiger partial charge in [-0.05, 0) is 13.3 Å². The van der Waals surface area contributed by atoms with Crippen molar-refractivity contribution in [1.29, 1.82) is 0 Å². The molecular formula is C12H22N2O3. The quantitative estimate of drug-likeness (QED) is 0.728. The van der Waals surface area contributed by atoms with Gasteiger partial charge in [-0.2, -0.15) is 0 Å². The average molecular weight is 242 g/mol. The van der Waals surface area contributed by atoms with Crippen molar-refractivity contribution in [3.8, 4) is 0 Å². The number of rotatable bonds is 3. The Morgan fingerprint density at radius 2 is 2.12 bits per heavy atom. The Morgan fingerprint density at radius 3 is 2.65 bits per heavy atom. The third-order valence-corrected chi connectivity index (χ3v) is 3.49. The lowest BCUT2D eigenvalue weighted by Crippen LogP contribution is -2.51. The normalized spacial score (nSPS) is 28.4. The van der Waals surface area contributed by atoms with Crippen LogP contribution < -0.4 is 0 Å². The first-order valence-electron chi connectivity index (χ1n) is 6.44. The SMILES string of the molecule is C[C@@H](O)CN1CCN(C(=O)[C@H]2CCOC2)CC1. The van der Waals surface area contributed by atoms with E-state index in [2.05, 4.69) is 4.90 Å². The minimum atomic E-state index is -0.291. The van der Waals surface area contributed by atoms with Gasteiger partial charge in [0.25, 0.3) is 0 Å². The lowest BCUT2D eigenvalue weighted by Gasteiger charge is -2.36. The molecule has 0 spiro atoms. The summed E-state index contributed by atoms with van der Waals surface area (Å²) < 4.78 is 5.25. The molecule has 98 valence electrons. The zero-order valence-corrected chi connectivity index (χ0v) is 10.5. The molecule has 2 saturated heterocycles. The van der Waals surface area contributed by atoms with Gasteiger partial charge in [0, 0.05) is 39.3 Å². The van der Waals surface area contributed by atoms with Gasteiger partial charge in [-0.25, -0.2) is 0 Å². The molecule has 0 radical (unpaired) electrons. The minimum Gasteiger partial charge on any atom is -0.392 e. The summed E-state index contributed by atoms with van der Waals surface area (Å²) in [5.41, 5.74) is 0. The molecule has 2 atom stereocenters. The predicted octanol–water partition coefficient (Wildman–Crippen LogP) is -0.452. The fraction of sp³-hybridized carbons (Fsp3) is 0.917. The van der Waals surface area contributed by atoms with E-state index in [-0.39, 0.29) is 17.9 Å². The summed E-state index contributed by atoms with van der Waals surface area (Å²) in [7, 11) is 0. The number of carbonyl (C=O) groups excluding carboxylic acids is 1. The molecule has 0 aromatic rings. The Labute approximate surface area is 102 Å². The molecule has 5 heteroatoms. The van der Waals surface area contributed by atoms with Gasteiger partial charge in [0.05, 0.1) is 18.6 Å². The van der Waals surface area contributed by atoms with Gasteiger partial charge in [-0.3, -0.25) is 9.69 Å². The van der Waals surface area contributed by atoms with E-state index < -0.39 is 0 Å². The highest BCUT2D eigenvalue weighted by molar-refractivity contribution is 5.79. The van der Waals surface area contributed by atoms with Crippen LogP contribution in [-0.2, 0) is 9.53 Å². The largest absolute Gasteiger partial charge is 0.392 e. The molecule has 5 nitrogen and oxygen atoms in total. The van der Waals surface area contributed by atoms with E-state index in [4.69, 9.17) is 4.74 Å². The highest BCUT2D eigenvalue weighted by atomic mass is 16.5. The zero-order valence-electron chi connectivity index (χ0n) is 10.5. The maximum Gasteiger partial charge on any atom is 0.228 e. The molecule has 1 amide bonds. The van der Waals surface area contributed by atoms with Crippen LogP contribution in [0.1, 0.15) is 13.3 Å². The second-order valence-corrected chi connectivity index (χ2v) is 5.04. The fourth-order valence-electron chi connectivity index (χ4n) is 2.51. The van der Waals surface area contributed by atoms with Gasteiger partial charge in [0.2, 0.25) is 5.91 Å². The molecular weight excluding hydrogens is 220 g/mol. The van der Waals surface area contributed by atoms with Crippen molar-refractivity contribution < 1.29 is 14.6 Å². The molecule has 2 rings (SSSR count). The first-order chi connectivity index (χ1) is 8.16. The number of piperazine rings is 1. The molecule has 1 N–H and O–H groups in total. The van der Waals surface area contributed by atoms with Crippen LogP contribution in [0.15, 0.2) is 0 Å². The third kappa shape index (κ3) is 3.40. The van der Waals surface area contributed by atoms with Crippen molar-refractivity contribution in [2.24, 2.45) is 5.92 Å². The van der Waals surface area contributed by atoms with Gasteiger partial charge in [-0.15, -0.1) is 0 Å². The molecule has 2 fully saturated rings. The van der Waals surface area contributed by atoms with E-state index in [1.807, 2.05) is 4.90 Å². The molecule has 2 aliphatic heterocycles. The second-order valence-electron chi connectivity index (χ2n) is 5.04. The Morgan fingerprint density at radius 1 is 1.41 bits per heavy atom. The topological polar surface area (TPSA) is 53.0 Å². The highest BCUT2D eigenvalue weighted by Gasteiger charge is 2.30. The van der Waals surface area contributed by atoms with Crippen molar-refractivity contribution in [2.45, 2.75) is 19.4 Å². The van der Waals surface area contributed by atoms with E-state index >= 15 is 0 Å². The number of aliphatic hydroxyl groups excluding tert-OH is 1. The third-order valence-electron chi connectivity index (χ3n) is 3.49. The Hall–Kier alpha value is -0.650. The number of nitrogens with zero attached hydrogens (tertiary/aromatic N) is 2. The number of β-amino-alcohol motifs (C(OH)–C–C–N with tert-alkyl or cyclic N) is 1. The van der Waals surface area contributed by atoms with Crippen LogP contribution in [0.2, 0.25) is 0 Å². The number of aliphatic hydroxyl groups is 1. The fourth-order valence-corrected chi connectivity index (χ4v) is 2.51. The number of ether oxygens (including phenoxy) is 1. The molecule has 17 heavy (non-hydrogen) atoms. The summed E-state index contributed by atoms with van der Waals surface area (Å²) in [6, 6.07) is 0. The molecule has 0 aromatic carbocycles. The van der Waals surface area contributed by atoms with Crippen molar-refractivity contribution in [3.63, 3.8) is 0 Å². The van der Waals surface area contributed by atoms with Gasteiger partial charge in [0.1, 0.15) is 0 Å². The van der Waals surface area contributed by atoms with Gasteiger partial charge < -0.3 is 14.7 Å². The molecule has 0 saturated carbocycles. The lowest BCUT2D eigenvalue weighted by molar-refractivity contribution is -0.137. The molecule has 0 aromatic heterocycles. The predicted molar refractivity (Wildman–Crippen MR) is 63.6 cm³/mol. The number of hydrogen-bond acceptors (Lipinski definition) is 4. The molecule has 2 aliphatic rings. The Kier molecular flexibility index (Phi) is 4.36. The van der Waals surface area contributed by atoms with Crippen molar-refractivity contribution in [3.05, 3.63) is 0 Å². The Bertz CT molecular complexity index is 256. The van der Waals surface area contributed by atoms with Crippen molar-refractivity contribution in [2.75, 3.05) is 45.9 Å². The maximum atomic E-state index is 12.1. The number of carbonyl (C=O) groups is 1. The average Bonchev–Trinajstić information content (AvgIpc) is 2.82. The smallest absolute Gasteiger partial charge is 0.228 e. The second kappa shape index (κ2) is 5.80. The summed E-state index contributed by atoms with van der Waals surface area (Å²) in [6.45, 7) is 7.10. The Balaban J connectivity index is 1.76. The summed E-state index contributed by atoms with van der Waals surface area (Å²) >= 11 is 0. The van der Waals surface area contributed by atoms with E-state index in [1.165, 1.54) is 0 Å². The van der Waals surface area contributed by atoms with Gasteiger partial charge in [-0.1, -0.05) is 0 Å². The van der Waals surface area contributed by atoms with Crippen LogP contribution in [0, 0.1) is 5.92 Å². The number of hydrogen-bond donors (Lipinski definition) is 1. The summed E-state index contributed by atoms with van der Waals surface area (Å²) in [4.78, 5) is 16.3. The first-order valence-corrected chi connectivity index (χ1v) is 6.44. The van der Waals surface area contributed by atoms with E-state index in [1.54, 1.807) is 6.92 Å². The van der Waals surface area contributed by atoms with Crippen LogP contribution in [0.4, 0.5) is 0 Å². The lowest BCUT2D eigenvalue weighted by atomic mass is 10.1. The van der Waals surface area contributed by atoms with Crippen LogP contribution in [0.5, 0.6) is 0 Å². The molecule has 0 bridgehead atoms. The van der Waals surface area contributed by atoms with Gasteiger partial charge in [0.15, 0.2) is 0 Å². The molecule has 0 aliphatic carbocycles. The number of amides is 1.